The minimum Gasteiger partial charge on any atom is -0.0856 e. The van der Waals surface area contributed by atoms with Crippen molar-refractivity contribution in [2.75, 3.05) is 0 Å². The molecule has 0 rings (SSSR count). The molecule has 0 unspecified atom stereocenters. The second-order valence-electron chi connectivity index (χ2n) is 1.98. The van der Waals surface area contributed by atoms with Crippen LogP contribution in [0, 0.1) is 0 Å². The third-order valence-corrected chi connectivity index (χ3v) is 1.40. The first-order valence-corrected chi connectivity index (χ1v) is 3.53. The lowest BCUT2D eigenvalue weighted by Crippen LogP contribution is -1.74. The molecule has 0 radical (unpaired) electrons. The van der Waals surface area contributed by atoms with Crippen molar-refractivity contribution in [3.63, 3.8) is 0 Å². The number of hydrogen-bond donors (Lipinski definition) is 0. The third kappa shape index (κ3) is 2.84. The second-order valence-corrected chi connectivity index (χ2v) is 1.98. The van der Waals surface area contributed by atoms with Gasteiger partial charge < -0.3 is 0 Å². The van der Waals surface area contributed by atoms with Gasteiger partial charge >= 0.3 is 0 Å². The highest BCUT2D eigenvalue weighted by Crippen LogP contribution is 2.05. The van der Waals surface area contributed by atoms with Crippen molar-refractivity contribution in [1.82, 2.24) is 0 Å². The lowest BCUT2D eigenvalue weighted by molar-refractivity contribution is 0.955. The summed E-state index contributed by atoms with van der Waals surface area (Å²) >= 11 is 0. The summed E-state index contributed by atoms with van der Waals surface area (Å²) in [6.45, 7) is 6.61. The maximum Gasteiger partial charge on any atom is -0.0349 e. The van der Waals surface area contributed by atoms with Crippen LogP contribution >= 0.6 is 0 Å². The van der Waals surface area contributed by atoms with Crippen molar-refractivity contribution >= 4 is 0 Å². The van der Waals surface area contributed by atoms with Gasteiger partial charge in [-0.25, -0.2) is 0 Å². The molecule has 0 saturated carbocycles. The topological polar surface area (TPSA) is 0 Å². The Bertz CT molecular complexity index is 64.1. The third-order valence-electron chi connectivity index (χ3n) is 1.40. The first kappa shape index (κ1) is 7.74. The van der Waals surface area contributed by atoms with Crippen LogP contribution in [0.2, 0.25) is 0 Å². The van der Waals surface area contributed by atoms with E-state index in [4.69, 9.17) is 0 Å². The summed E-state index contributed by atoms with van der Waals surface area (Å²) in [5, 5.41) is 0. The molecule has 0 bridgehead atoms. The molecule has 0 aliphatic heterocycles. The Kier molecular flexibility index (Phi) is 4.73. The molecule has 0 amide bonds. The van der Waals surface area contributed by atoms with Crippen molar-refractivity contribution < 1.29 is 0 Å². The second kappa shape index (κ2) is 4.89. The molecule has 8 heavy (non-hydrogen) atoms. The van der Waals surface area contributed by atoms with Gasteiger partial charge in [0.2, 0.25) is 0 Å². The number of hydrogen-bond acceptors (Lipinski definition) is 0. The highest BCUT2D eigenvalue weighted by Gasteiger charge is 1.84. The van der Waals surface area contributed by atoms with E-state index in [1.165, 1.54) is 19.3 Å². The average Bonchev–Trinajstić information content (AvgIpc) is 1.83. The molecule has 0 N–H and O–H groups in total. The lowest BCUT2D eigenvalue weighted by Gasteiger charge is -1.95. The van der Waals surface area contributed by atoms with Crippen molar-refractivity contribution in [1.29, 1.82) is 0 Å². The first-order valence-electron chi connectivity index (χ1n) is 3.53. The molecule has 0 aromatic heterocycles. The van der Waals surface area contributed by atoms with E-state index >= 15 is 0 Å². The average molecular weight is 112 g/mol. The molecule has 0 fully saturated rings. The molecule has 0 aliphatic carbocycles. The molecule has 0 aromatic carbocycles. The van der Waals surface area contributed by atoms with E-state index in [9.17, 15) is 0 Å². The van der Waals surface area contributed by atoms with Crippen molar-refractivity contribution in [2.45, 2.75) is 40.0 Å². The van der Waals surface area contributed by atoms with Crippen molar-refractivity contribution in [2.24, 2.45) is 0 Å². The molecule has 0 heteroatoms. The summed E-state index contributed by atoms with van der Waals surface area (Å²) in [5.41, 5.74) is 1.59. The van der Waals surface area contributed by atoms with Gasteiger partial charge in [0.1, 0.15) is 0 Å². The summed E-state index contributed by atoms with van der Waals surface area (Å²) in [5.74, 6) is 0. The van der Waals surface area contributed by atoms with E-state index in [1.807, 2.05) is 0 Å². The van der Waals surface area contributed by atoms with Crippen LogP contribution in [0.1, 0.15) is 40.0 Å². The lowest BCUT2D eigenvalue weighted by atomic mass is 10.1. The van der Waals surface area contributed by atoms with Gasteiger partial charge in [-0.1, -0.05) is 32.4 Å². The summed E-state index contributed by atoms with van der Waals surface area (Å²) < 4.78 is 0. The molecule has 48 valence electrons. The SMILES string of the molecule is CCC=C(CC)CC. The van der Waals surface area contributed by atoms with Crippen LogP contribution in [0.5, 0.6) is 0 Å². The molecule has 0 atom stereocenters. The molecular weight excluding hydrogens is 96.1 g/mol. The van der Waals surface area contributed by atoms with Gasteiger partial charge in [0.25, 0.3) is 0 Å². The number of allylic oxidation sites excluding steroid dienone is 2. The van der Waals surface area contributed by atoms with E-state index in [1.54, 1.807) is 5.57 Å². The van der Waals surface area contributed by atoms with Crippen LogP contribution in [0.25, 0.3) is 0 Å². The van der Waals surface area contributed by atoms with E-state index in [0.29, 0.717) is 0 Å². The van der Waals surface area contributed by atoms with Gasteiger partial charge in [0.15, 0.2) is 0 Å². The minimum absolute atomic E-state index is 1.19. The smallest absolute Gasteiger partial charge is 0.0349 e. The fourth-order valence-corrected chi connectivity index (χ4v) is 0.827. The molecule has 0 aromatic rings. The fraction of sp³-hybridized carbons (Fsp3) is 0.750. The minimum atomic E-state index is 1.19. The van der Waals surface area contributed by atoms with E-state index < -0.39 is 0 Å². The Labute approximate surface area is 52.6 Å². The van der Waals surface area contributed by atoms with Gasteiger partial charge in [0.05, 0.1) is 0 Å². The van der Waals surface area contributed by atoms with Gasteiger partial charge in [0, 0.05) is 0 Å². The summed E-state index contributed by atoms with van der Waals surface area (Å²) in [6, 6.07) is 0. The van der Waals surface area contributed by atoms with Crippen LogP contribution in [0.15, 0.2) is 11.6 Å². The van der Waals surface area contributed by atoms with Gasteiger partial charge in [-0.2, -0.15) is 0 Å². The zero-order chi connectivity index (χ0) is 6.41. The van der Waals surface area contributed by atoms with Crippen molar-refractivity contribution in [3.05, 3.63) is 11.6 Å². The Balaban J connectivity index is 3.49. The van der Waals surface area contributed by atoms with Crippen LogP contribution < -0.4 is 0 Å². The van der Waals surface area contributed by atoms with Crippen LogP contribution in [-0.2, 0) is 0 Å². The Morgan fingerprint density at radius 3 is 1.75 bits per heavy atom. The molecule has 0 aliphatic rings. The molecule has 0 saturated heterocycles. The zero-order valence-electron chi connectivity index (χ0n) is 6.20. The highest BCUT2D eigenvalue weighted by molar-refractivity contribution is 4.99. The van der Waals surface area contributed by atoms with Gasteiger partial charge in [-0.15, -0.1) is 0 Å². The number of rotatable bonds is 3. The Morgan fingerprint density at radius 1 is 1.12 bits per heavy atom. The molecular formula is C8H16. The normalized spacial score (nSPS) is 8.88. The molecule has 0 spiro atoms. The highest BCUT2D eigenvalue weighted by atomic mass is 13.9. The summed E-state index contributed by atoms with van der Waals surface area (Å²) in [6.07, 6.45) is 5.96. The van der Waals surface area contributed by atoms with Crippen molar-refractivity contribution in [3.8, 4) is 0 Å². The maximum atomic E-state index is 2.32. The predicted molar refractivity (Wildman–Crippen MR) is 39.0 cm³/mol. The van der Waals surface area contributed by atoms with E-state index in [-0.39, 0.29) is 0 Å². The molecule has 0 nitrogen and oxygen atoms in total. The fourth-order valence-electron chi connectivity index (χ4n) is 0.827. The van der Waals surface area contributed by atoms with Crippen LogP contribution in [0.3, 0.4) is 0 Å². The first-order chi connectivity index (χ1) is 3.85. The monoisotopic (exact) mass is 112 g/mol. The maximum absolute atomic E-state index is 2.32. The largest absolute Gasteiger partial charge is 0.0856 e. The quantitative estimate of drug-likeness (QED) is 0.492. The van der Waals surface area contributed by atoms with E-state index in [0.717, 1.165) is 0 Å². The Hall–Kier alpha value is -0.260. The standard InChI is InChI=1S/C8H16/c1-4-7-8(5-2)6-3/h7H,4-6H2,1-3H3. The Morgan fingerprint density at radius 2 is 1.62 bits per heavy atom. The summed E-state index contributed by atoms with van der Waals surface area (Å²) in [4.78, 5) is 0. The molecule has 0 heterocycles. The van der Waals surface area contributed by atoms with Gasteiger partial charge in [-0.05, 0) is 19.3 Å². The summed E-state index contributed by atoms with van der Waals surface area (Å²) in [7, 11) is 0. The van der Waals surface area contributed by atoms with E-state index in [2.05, 4.69) is 26.8 Å². The zero-order valence-corrected chi connectivity index (χ0v) is 6.20. The van der Waals surface area contributed by atoms with Crippen LogP contribution in [-0.4, -0.2) is 0 Å². The van der Waals surface area contributed by atoms with Gasteiger partial charge in [-0.3, -0.25) is 0 Å². The van der Waals surface area contributed by atoms with Crippen LogP contribution in [0.4, 0.5) is 0 Å². The predicted octanol–water partition coefficient (Wildman–Crippen LogP) is 3.14.